The first kappa shape index (κ1) is 26.2. The summed E-state index contributed by atoms with van der Waals surface area (Å²) in [5, 5.41) is 29.8. The van der Waals surface area contributed by atoms with Crippen molar-refractivity contribution >= 4 is 46.0 Å². The molecule has 0 aliphatic carbocycles. The van der Waals surface area contributed by atoms with Crippen molar-refractivity contribution in [3.05, 3.63) is 113 Å². The normalized spacial score (nSPS) is 15.4. The zero-order valence-corrected chi connectivity index (χ0v) is 22.4. The van der Waals surface area contributed by atoms with Gasteiger partial charge in [0.05, 0.1) is 18.7 Å². The fourth-order valence-corrected chi connectivity index (χ4v) is 5.96. The second kappa shape index (κ2) is 11.5. The number of carbonyl (C=O) groups excluding carboxylic acids is 2. The highest BCUT2D eigenvalue weighted by molar-refractivity contribution is 8.00. The Morgan fingerprint density at radius 1 is 1.05 bits per heavy atom. The number of carbonyl (C=O) groups is 2. The van der Waals surface area contributed by atoms with Gasteiger partial charge in [0.1, 0.15) is 0 Å². The number of benzene rings is 3. The van der Waals surface area contributed by atoms with Crippen LogP contribution in [0.4, 0.5) is 5.13 Å². The van der Waals surface area contributed by atoms with Gasteiger partial charge in [0.15, 0.2) is 27.4 Å². The van der Waals surface area contributed by atoms with Crippen LogP contribution < -0.4 is 9.64 Å². The Bertz CT molecular complexity index is 1570. The molecule has 1 atom stereocenters. The lowest BCUT2D eigenvalue weighted by atomic mass is 9.95. The number of ketones is 1. The van der Waals surface area contributed by atoms with Gasteiger partial charge in [-0.3, -0.25) is 14.5 Å². The maximum Gasteiger partial charge on any atom is 0.296 e. The SMILES string of the molecule is COc1cc(C2C(C(=O)/C=C/c3ccccc3)=C(O)C(=O)N2c2nnc(SCc3ccccc3)s2)ccc1O. The van der Waals surface area contributed by atoms with E-state index in [0.29, 0.717) is 15.7 Å². The van der Waals surface area contributed by atoms with E-state index in [1.54, 1.807) is 12.1 Å². The predicted molar refractivity (Wildman–Crippen MR) is 151 cm³/mol. The van der Waals surface area contributed by atoms with Crippen LogP contribution in [0, 0.1) is 0 Å². The molecule has 1 unspecified atom stereocenters. The second-order valence-corrected chi connectivity index (χ2v) is 10.7. The number of hydrogen-bond donors (Lipinski definition) is 2. The number of methoxy groups -OCH3 is 1. The molecule has 10 heteroatoms. The smallest absolute Gasteiger partial charge is 0.296 e. The van der Waals surface area contributed by atoms with E-state index in [4.69, 9.17) is 4.74 Å². The van der Waals surface area contributed by atoms with Crippen molar-refractivity contribution < 1.29 is 24.5 Å². The molecule has 1 amide bonds. The molecule has 0 fully saturated rings. The van der Waals surface area contributed by atoms with Crippen molar-refractivity contribution in [3.8, 4) is 11.5 Å². The summed E-state index contributed by atoms with van der Waals surface area (Å²) in [6.45, 7) is 0. The number of aromatic nitrogens is 2. The zero-order chi connectivity index (χ0) is 27.4. The van der Waals surface area contributed by atoms with E-state index < -0.39 is 23.5 Å². The molecule has 5 rings (SSSR count). The van der Waals surface area contributed by atoms with Crippen LogP contribution in [-0.4, -0.2) is 39.2 Å². The lowest BCUT2D eigenvalue weighted by molar-refractivity contribution is -0.117. The van der Waals surface area contributed by atoms with Gasteiger partial charge >= 0.3 is 0 Å². The molecular formula is C29H23N3O5S2. The highest BCUT2D eigenvalue weighted by atomic mass is 32.2. The zero-order valence-electron chi connectivity index (χ0n) is 20.7. The second-order valence-electron chi connectivity index (χ2n) is 8.50. The average Bonchev–Trinajstić information content (AvgIpc) is 3.54. The number of ether oxygens (including phenoxy) is 1. The molecule has 1 aliphatic rings. The van der Waals surface area contributed by atoms with Crippen molar-refractivity contribution in [1.82, 2.24) is 10.2 Å². The topological polar surface area (TPSA) is 113 Å². The maximum absolute atomic E-state index is 13.4. The minimum absolute atomic E-state index is 0.0994. The number of rotatable bonds is 9. The number of nitrogens with zero attached hydrogens (tertiary/aromatic N) is 3. The first-order valence-electron chi connectivity index (χ1n) is 11.9. The number of amides is 1. The van der Waals surface area contributed by atoms with Gasteiger partial charge in [-0.2, -0.15) is 0 Å². The minimum Gasteiger partial charge on any atom is -0.504 e. The van der Waals surface area contributed by atoms with Crippen molar-refractivity contribution in [3.63, 3.8) is 0 Å². The maximum atomic E-state index is 13.4. The number of aliphatic hydroxyl groups is 1. The Morgan fingerprint density at radius 2 is 1.77 bits per heavy atom. The molecule has 2 N–H and O–H groups in total. The van der Waals surface area contributed by atoms with E-state index >= 15 is 0 Å². The van der Waals surface area contributed by atoms with Crippen molar-refractivity contribution in [2.75, 3.05) is 12.0 Å². The molecule has 0 saturated heterocycles. The van der Waals surface area contributed by atoms with Crippen LogP contribution in [-0.2, 0) is 15.3 Å². The summed E-state index contributed by atoms with van der Waals surface area (Å²) in [7, 11) is 1.40. The van der Waals surface area contributed by atoms with Crippen LogP contribution in [0.5, 0.6) is 11.5 Å². The quantitative estimate of drug-likeness (QED) is 0.153. The average molecular weight is 558 g/mol. The molecule has 1 aromatic heterocycles. The Morgan fingerprint density at radius 3 is 2.49 bits per heavy atom. The number of phenols is 1. The number of thioether (sulfide) groups is 1. The van der Waals surface area contributed by atoms with Crippen LogP contribution in [0.1, 0.15) is 22.7 Å². The Labute approximate surface area is 232 Å². The van der Waals surface area contributed by atoms with Gasteiger partial charge in [0, 0.05) is 5.75 Å². The molecule has 2 heterocycles. The van der Waals surface area contributed by atoms with Gasteiger partial charge in [-0.25, -0.2) is 0 Å². The minimum atomic E-state index is -1.01. The first-order valence-corrected chi connectivity index (χ1v) is 13.7. The van der Waals surface area contributed by atoms with Crippen molar-refractivity contribution in [2.45, 2.75) is 16.1 Å². The van der Waals surface area contributed by atoms with E-state index in [1.807, 2.05) is 60.7 Å². The van der Waals surface area contributed by atoms with Gasteiger partial charge in [0.2, 0.25) is 5.13 Å². The number of anilines is 1. The summed E-state index contributed by atoms with van der Waals surface area (Å²) in [6, 6.07) is 22.6. The molecule has 0 bridgehead atoms. The van der Waals surface area contributed by atoms with Crippen LogP contribution in [0.2, 0.25) is 0 Å². The van der Waals surface area contributed by atoms with Gasteiger partial charge in [0.25, 0.3) is 5.91 Å². The fourth-order valence-electron chi connectivity index (χ4n) is 4.14. The van der Waals surface area contributed by atoms with E-state index in [2.05, 4.69) is 10.2 Å². The summed E-state index contributed by atoms with van der Waals surface area (Å²) < 4.78 is 5.89. The molecule has 3 aromatic carbocycles. The summed E-state index contributed by atoms with van der Waals surface area (Å²) in [5.74, 6) is -1.23. The van der Waals surface area contributed by atoms with Crippen LogP contribution >= 0.6 is 23.1 Å². The van der Waals surface area contributed by atoms with Crippen LogP contribution in [0.25, 0.3) is 6.08 Å². The number of aliphatic hydroxyl groups excluding tert-OH is 1. The molecule has 8 nitrogen and oxygen atoms in total. The largest absolute Gasteiger partial charge is 0.504 e. The monoisotopic (exact) mass is 557 g/mol. The lowest BCUT2D eigenvalue weighted by Crippen LogP contribution is -2.30. The molecule has 1 aliphatic heterocycles. The van der Waals surface area contributed by atoms with E-state index in [0.717, 1.165) is 11.1 Å². The van der Waals surface area contributed by atoms with Gasteiger partial charge in [-0.15, -0.1) is 10.2 Å². The van der Waals surface area contributed by atoms with E-state index in [-0.39, 0.29) is 22.2 Å². The number of hydrogen-bond acceptors (Lipinski definition) is 9. The number of allylic oxidation sites excluding steroid dienone is 1. The molecule has 0 radical (unpaired) electrons. The van der Waals surface area contributed by atoms with Crippen LogP contribution in [0.15, 0.2) is 101 Å². The molecule has 0 spiro atoms. The summed E-state index contributed by atoms with van der Waals surface area (Å²) >= 11 is 2.66. The highest BCUT2D eigenvalue weighted by Crippen LogP contribution is 2.44. The first-order chi connectivity index (χ1) is 19.0. The Kier molecular flexibility index (Phi) is 7.76. The van der Waals surface area contributed by atoms with Crippen LogP contribution in [0.3, 0.4) is 0 Å². The summed E-state index contributed by atoms with van der Waals surface area (Å²) in [5.41, 5.74) is 2.25. The third-order valence-corrected chi connectivity index (χ3v) is 8.15. The Hall–Kier alpha value is -4.41. The van der Waals surface area contributed by atoms with E-state index in [1.165, 1.54) is 53.3 Å². The van der Waals surface area contributed by atoms with Gasteiger partial charge in [-0.1, -0.05) is 95.9 Å². The third kappa shape index (κ3) is 5.57. The predicted octanol–water partition coefficient (Wildman–Crippen LogP) is 5.73. The fraction of sp³-hybridized carbons (Fsp3) is 0.103. The van der Waals surface area contributed by atoms with Gasteiger partial charge < -0.3 is 14.9 Å². The van der Waals surface area contributed by atoms with Crippen molar-refractivity contribution in [2.24, 2.45) is 0 Å². The summed E-state index contributed by atoms with van der Waals surface area (Å²) in [6.07, 6.45) is 2.94. The number of phenolic OH excluding ortho intramolecular Hbond substituents is 1. The molecule has 39 heavy (non-hydrogen) atoms. The molecule has 196 valence electrons. The standard InChI is InChI=1S/C29H23N3O5S2/c1-37-23-16-20(13-15-21(23)33)25-24(22(34)14-12-18-8-4-2-5-9-18)26(35)27(36)32(25)28-30-31-29(39-28)38-17-19-10-6-3-7-11-19/h2-16,25,33,35H,17H2,1H3/b14-12+. The van der Waals surface area contributed by atoms with Crippen molar-refractivity contribution in [1.29, 1.82) is 0 Å². The Balaban J connectivity index is 1.50. The molecule has 4 aromatic rings. The third-order valence-electron chi connectivity index (χ3n) is 6.03. The molecular weight excluding hydrogens is 534 g/mol. The molecule has 0 saturated carbocycles. The highest BCUT2D eigenvalue weighted by Gasteiger charge is 2.45. The van der Waals surface area contributed by atoms with Gasteiger partial charge in [-0.05, 0) is 34.9 Å². The van der Waals surface area contributed by atoms with E-state index in [9.17, 15) is 19.8 Å². The summed E-state index contributed by atoms with van der Waals surface area (Å²) in [4.78, 5) is 28.1. The number of aromatic hydroxyl groups is 1. The lowest BCUT2D eigenvalue weighted by Gasteiger charge is -2.24.